The maximum absolute atomic E-state index is 12.4. The number of aryl methyl sites for hydroxylation is 1. The topological polar surface area (TPSA) is 101 Å². The maximum Gasteiger partial charge on any atom is 0.263 e. The number of hydrogen-bond donors (Lipinski definition) is 3. The van der Waals surface area contributed by atoms with Crippen molar-refractivity contribution < 1.29 is 8.42 Å². The summed E-state index contributed by atoms with van der Waals surface area (Å²) in [5.74, 6) is 0.500. The number of anilines is 2. The van der Waals surface area contributed by atoms with Gasteiger partial charge in [-0.1, -0.05) is 13.8 Å². The maximum atomic E-state index is 12.4. The Bertz CT molecular complexity index is 768. The number of aromatic nitrogens is 2. The van der Waals surface area contributed by atoms with Crippen molar-refractivity contribution >= 4 is 37.5 Å². The second-order valence-corrected chi connectivity index (χ2v) is 7.61. The molecule has 1 aromatic heterocycles. The Balaban J connectivity index is 2.36. The van der Waals surface area contributed by atoms with Crippen molar-refractivity contribution in [1.29, 1.82) is 0 Å². The van der Waals surface area contributed by atoms with Gasteiger partial charge in [-0.2, -0.15) is 5.10 Å². The zero-order chi connectivity index (χ0) is 15.8. The first-order valence-electron chi connectivity index (χ1n) is 6.34. The predicted octanol–water partition coefficient (Wildman–Crippen LogP) is 2.99. The Hall–Kier alpha value is -1.54. The Morgan fingerprint density at radius 3 is 2.57 bits per heavy atom. The van der Waals surface area contributed by atoms with Crippen molar-refractivity contribution in [1.82, 2.24) is 10.2 Å². The van der Waals surface area contributed by atoms with Crippen molar-refractivity contribution in [2.24, 2.45) is 0 Å². The number of rotatable bonds is 4. The van der Waals surface area contributed by atoms with Crippen molar-refractivity contribution in [2.75, 3.05) is 10.5 Å². The number of H-pyrrole nitrogens is 1. The van der Waals surface area contributed by atoms with Gasteiger partial charge in [0.25, 0.3) is 10.0 Å². The summed E-state index contributed by atoms with van der Waals surface area (Å²) in [5, 5.41) is 6.77. The van der Waals surface area contributed by atoms with Crippen LogP contribution in [-0.2, 0) is 10.0 Å². The van der Waals surface area contributed by atoms with Gasteiger partial charge in [0.15, 0.2) is 5.82 Å². The van der Waals surface area contributed by atoms with E-state index in [0.29, 0.717) is 15.7 Å². The van der Waals surface area contributed by atoms with Crippen LogP contribution in [-0.4, -0.2) is 18.6 Å². The van der Waals surface area contributed by atoms with E-state index < -0.39 is 10.0 Å². The molecule has 0 unspecified atom stereocenters. The lowest BCUT2D eigenvalue weighted by Gasteiger charge is -2.10. The van der Waals surface area contributed by atoms with Crippen LogP contribution in [0.25, 0.3) is 0 Å². The van der Waals surface area contributed by atoms with Crippen molar-refractivity contribution in [2.45, 2.75) is 31.6 Å². The van der Waals surface area contributed by atoms with Crippen LogP contribution in [0.15, 0.2) is 27.6 Å². The van der Waals surface area contributed by atoms with Gasteiger partial charge in [-0.3, -0.25) is 9.82 Å². The molecule has 2 rings (SSSR count). The molecule has 0 atom stereocenters. The number of nitrogens with one attached hydrogen (secondary N) is 2. The first kappa shape index (κ1) is 15.8. The minimum Gasteiger partial charge on any atom is -0.398 e. The van der Waals surface area contributed by atoms with Gasteiger partial charge < -0.3 is 5.73 Å². The van der Waals surface area contributed by atoms with Crippen LogP contribution in [0.3, 0.4) is 0 Å². The van der Waals surface area contributed by atoms with E-state index in [0.717, 1.165) is 5.69 Å². The standard InChI is InChI=1S/C13H17BrN4O2S/c1-7(2)11-6-13(17-16-11)18-21(19,20)12-5-10(15)9(14)4-8(12)3/h4-7H,15H2,1-3H3,(H2,16,17,18). The highest BCUT2D eigenvalue weighted by molar-refractivity contribution is 9.10. The summed E-state index contributed by atoms with van der Waals surface area (Å²) in [6, 6.07) is 4.78. The number of hydrogen-bond acceptors (Lipinski definition) is 4. The second kappa shape index (κ2) is 5.69. The van der Waals surface area contributed by atoms with E-state index >= 15 is 0 Å². The molecule has 2 aromatic rings. The molecule has 21 heavy (non-hydrogen) atoms. The molecular formula is C13H17BrN4O2S. The quantitative estimate of drug-likeness (QED) is 0.717. The SMILES string of the molecule is Cc1cc(Br)c(N)cc1S(=O)(=O)Nc1cc(C(C)C)[nH]n1. The Labute approximate surface area is 132 Å². The lowest BCUT2D eigenvalue weighted by Crippen LogP contribution is -2.15. The summed E-state index contributed by atoms with van der Waals surface area (Å²) in [6.07, 6.45) is 0. The zero-order valence-corrected chi connectivity index (χ0v) is 14.3. The third-order valence-corrected chi connectivity index (χ3v) is 5.23. The monoisotopic (exact) mass is 372 g/mol. The number of nitrogens with zero attached hydrogens (tertiary/aromatic N) is 1. The van der Waals surface area contributed by atoms with E-state index in [9.17, 15) is 8.42 Å². The fourth-order valence-corrected chi connectivity index (χ4v) is 3.55. The first-order valence-corrected chi connectivity index (χ1v) is 8.62. The van der Waals surface area contributed by atoms with E-state index in [4.69, 9.17) is 5.73 Å². The van der Waals surface area contributed by atoms with E-state index in [1.165, 1.54) is 6.07 Å². The summed E-state index contributed by atoms with van der Waals surface area (Å²) in [5.41, 5.74) is 7.59. The minimum atomic E-state index is -3.73. The summed E-state index contributed by atoms with van der Waals surface area (Å²) in [4.78, 5) is 0.136. The lowest BCUT2D eigenvalue weighted by atomic mass is 10.1. The van der Waals surface area contributed by atoms with Crippen LogP contribution >= 0.6 is 15.9 Å². The summed E-state index contributed by atoms with van der Waals surface area (Å²) >= 11 is 3.28. The molecule has 0 bridgehead atoms. The van der Waals surface area contributed by atoms with Crippen LogP contribution < -0.4 is 10.5 Å². The van der Waals surface area contributed by atoms with Gasteiger partial charge in [-0.05, 0) is 46.5 Å². The summed E-state index contributed by atoms with van der Waals surface area (Å²) in [7, 11) is -3.73. The molecule has 4 N–H and O–H groups in total. The molecule has 6 nitrogen and oxygen atoms in total. The average Bonchev–Trinajstić information content (AvgIpc) is 2.81. The first-order chi connectivity index (χ1) is 9.70. The van der Waals surface area contributed by atoms with Crippen LogP contribution in [0.1, 0.15) is 31.0 Å². The number of aromatic amines is 1. The van der Waals surface area contributed by atoms with Crippen LogP contribution in [0.4, 0.5) is 11.5 Å². The van der Waals surface area contributed by atoms with E-state index in [1.807, 2.05) is 13.8 Å². The molecule has 0 spiro atoms. The van der Waals surface area contributed by atoms with Gasteiger partial charge in [0.2, 0.25) is 0 Å². The number of nitrogens with two attached hydrogens (primary N) is 1. The van der Waals surface area contributed by atoms with Crippen LogP contribution in [0.2, 0.25) is 0 Å². The van der Waals surface area contributed by atoms with Gasteiger partial charge in [0.05, 0.1) is 4.90 Å². The van der Waals surface area contributed by atoms with E-state index in [-0.39, 0.29) is 16.6 Å². The molecule has 1 heterocycles. The molecule has 0 aliphatic heterocycles. The molecule has 114 valence electrons. The van der Waals surface area contributed by atoms with Gasteiger partial charge in [-0.15, -0.1) is 0 Å². The zero-order valence-electron chi connectivity index (χ0n) is 11.9. The highest BCUT2D eigenvalue weighted by atomic mass is 79.9. The minimum absolute atomic E-state index is 0.136. The highest BCUT2D eigenvalue weighted by Crippen LogP contribution is 2.28. The lowest BCUT2D eigenvalue weighted by molar-refractivity contribution is 0.600. The molecule has 0 aliphatic rings. The number of sulfonamides is 1. The highest BCUT2D eigenvalue weighted by Gasteiger charge is 2.20. The normalized spacial score (nSPS) is 11.9. The smallest absolute Gasteiger partial charge is 0.263 e. The van der Waals surface area contributed by atoms with Gasteiger partial charge >= 0.3 is 0 Å². The molecule has 0 aliphatic carbocycles. The molecule has 0 amide bonds. The molecule has 0 radical (unpaired) electrons. The number of benzene rings is 1. The third kappa shape index (κ3) is 3.38. The molecule has 1 aromatic carbocycles. The third-order valence-electron chi connectivity index (χ3n) is 3.04. The molecule has 0 fully saturated rings. The Morgan fingerprint density at radius 2 is 2.00 bits per heavy atom. The molecule has 0 saturated carbocycles. The van der Waals surface area contributed by atoms with Crippen LogP contribution in [0, 0.1) is 6.92 Å². The van der Waals surface area contributed by atoms with Crippen molar-refractivity contribution in [3.63, 3.8) is 0 Å². The molecule has 8 heteroatoms. The van der Waals surface area contributed by atoms with E-state index in [2.05, 4.69) is 30.8 Å². The second-order valence-electron chi connectivity index (χ2n) is 5.11. The largest absolute Gasteiger partial charge is 0.398 e. The predicted molar refractivity (Wildman–Crippen MR) is 86.8 cm³/mol. The number of halogens is 1. The van der Waals surface area contributed by atoms with Gasteiger partial charge in [0.1, 0.15) is 0 Å². The molecule has 0 saturated heterocycles. The van der Waals surface area contributed by atoms with Gasteiger partial charge in [0, 0.05) is 21.9 Å². The van der Waals surface area contributed by atoms with Crippen LogP contribution in [0.5, 0.6) is 0 Å². The summed E-state index contributed by atoms with van der Waals surface area (Å²) in [6.45, 7) is 5.69. The fraction of sp³-hybridized carbons (Fsp3) is 0.308. The fourth-order valence-electron chi connectivity index (χ4n) is 1.84. The van der Waals surface area contributed by atoms with Gasteiger partial charge in [-0.25, -0.2) is 8.42 Å². The van der Waals surface area contributed by atoms with Crippen molar-refractivity contribution in [3.8, 4) is 0 Å². The average molecular weight is 373 g/mol. The number of nitrogen functional groups attached to an aromatic ring is 1. The summed E-state index contributed by atoms with van der Waals surface area (Å²) < 4.78 is 28.0. The Morgan fingerprint density at radius 1 is 1.33 bits per heavy atom. The Kier molecular flexibility index (Phi) is 4.29. The van der Waals surface area contributed by atoms with E-state index in [1.54, 1.807) is 19.1 Å². The van der Waals surface area contributed by atoms with Crippen molar-refractivity contribution in [3.05, 3.63) is 33.9 Å². The molecular weight excluding hydrogens is 356 g/mol.